The summed E-state index contributed by atoms with van der Waals surface area (Å²) in [5.41, 5.74) is 7.97. The van der Waals surface area contributed by atoms with Gasteiger partial charge < -0.3 is 19.6 Å². The van der Waals surface area contributed by atoms with Crippen LogP contribution in [0.5, 0.6) is 11.5 Å². The molecule has 0 fully saturated rings. The van der Waals surface area contributed by atoms with E-state index in [4.69, 9.17) is 19.6 Å². The van der Waals surface area contributed by atoms with E-state index in [2.05, 4.69) is 0 Å². The summed E-state index contributed by atoms with van der Waals surface area (Å²) in [6.45, 7) is 0. The monoisotopic (exact) mass is 233 g/mol. The highest BCUT2D eigenvalue weighted by Gasteiger charge is 2.12. The van der Waals surface area contributed by atoms with Crippen LogP contribution in [0.15, 0.2) is 41.2 Å². The van der Waals surface area contributed by atoms with Crippen molar-refractivity contribution >= 4 is 0 Å². The second-order valence-electron chi connectivity index (χ2n) is 3.68. The highest BCUT2D eigenvalue weighted by molar-refractivity contribution is 5.42. The lowest BCUT2D eigenvalue weighted by Gasteiger charge is -2.13. The Balaban J connectivity index is 2.37. The first kappa shape index (κ1) is 11.5. The van der Waals surface area contributed by atoms with Gasteiger partial charge in [-0.1, -0.05) is 0 Å². The van der Waals surface area contributed by atoms with Crippen molar-refractivity contribution in [2.75, 3.05) is 14.2 Å². The molecular formula is C13H15NO3. The van der Waals surface area contributed by atoms with Crippen molar-refractivity contribution in [1.82, 2.24) is 0 Å². The third-order valence-corrected chi connectivity index (χ3v) is 2.64. The second-order valence-corrected chi connectivity index (χ2v) is 3.68. The summed E-state index contributed by atoms with van der Waals surface area (Å²) in [6.07, 6.45) is 3.24. The van der Waals surface area contributed by atoms with Crippen LogP contribution in [-0.4, -0.2) is 14.2 Å². The van der Waals surface area contributed by atoms with Crippen LogP contribution in [0, 0.1) is 0 Å². The van der Waals surface area contributed by atoms with Crippen molar-refractivity contribution in [2.24, 2.45) is 5.73 Å². The van der Waals surface area contributed by atoms with Crippen LogP contribution in [0.1, 0.15) is 17.2 Å². The molecule has 0 bridgehead atoms. The van der Waals surface area contributed by atoms with E-state index in [0.717, 1.165) is 22.6 Å². The molecule has 0 spiro atoms. The fraction of sp³-hybridized carbons (Fsp3) is 0.231. The first-order chi connectivity index (χ1) is 8.24. The third-order valence-electron chi connectivity index (χ3n) is 2.64. The Hall–Kier alpha value is -1.94. The summed E-state index contributed by atoms with van der Waals surface area (Å²) in [6, 6.07) is 7.18. The van der Waals surface area contributed by atoms with Gasteiger partial charge in [0.05, 0.1) is 32.8 Å². The summed E-state index contributed by atoms with van der Waals surface area (Å²) in [5, 5.41) is 0. The van der Waals surface area contributed by atoms with Crippen molar-refractivity contribution in [3.05, 3.63) is 47.9 Å². The zero-order chi connectivity index (χ0) is 12.3. The number of furan rings is 1. The maximum absolute atomic E-state index is 6.14. The van der Waals surface area contributed by atoms with E-state index in [-0.39, 0.29) is 6.04 Å². The average Bonchev–Trinajstić information content (AvgIpc) is 2.91. The van der Waals surface area contributed by atoms with Gasteiger partial charge in [-0.2, -0.15) is 0 Å². The lowest BCUT2D eigenvalue weighted by Crippen LogP contribution is -2.11. The summed E-state index contributed by atoms with van der Waals surface area (Å²) in [7, 11) is 3.23. The highest BCUT2D eigenvalue weighted by Crippen LogP contribution is 2.28. The molecule has 0 saturated carbocycles. The Kier molecular flexibility index (Phi) is 3.35. The lowest BCUT2D eigenvalue weighted by atomic mass is 10.0. The van der Waals surface area contributed by atoms with Crippen molar-refractivity contribution < 1.29 is 13.9 Å². The van der Waals surface area contributed by atoms with Gasteiger partial charge in [-0.15, -0.1) is 0 Å². The van der Waals surface area contributed by atoms with Crippen LogP contribution in [0.25, 0.3) is 0 Å². The van der Waals surface area contributed by atoms with Gasteiger partial charge in [0, 0.05) is 11.6 Å². The zero-order valence-corrected chi connectivity index (χ0v) is 9.84. The van der Waals surface area contributed by atoms with E-state index in [0.29, 0.717) is 0 Å². The third kappa shape index (κ3) is 2.42. The molecule has 0 saturated heterocycles. The Bertz CT molecular complexity index is 457. The highest BCUT2D eigenvalue weighted by atomic mass is 16.5. The van der Waals surface area contributed by atoms with E-state index in [1.54, 1.807) is 26.7 Å². The van der Waals surface area contributed by atoms with Gasteiger partial charge in [0.25, 0.3) is 0 Å². The zero-order valence-electron chi connectivity index (χ0n) is 9.84. The fourth-order valence-electron chi connectivity index (χ4n) is 1.65. The standard InChI is InChI=1S/C13H15NO3/c1-15-11-5-10(6-12(7-11)16-2)13(14)9-3-4-17-8-9/h3-8,13H,14H2,1-2H3. The minimum Gasteiger partial charge on any atom is -0.497 e. The van der Waals surface area contributed by atoms with Gasteiger partial charge in [-0.05, 0) is 23.8 Å². The van der Waals surface area contributed by atoms with Crippen LogP contribution >= 0.6 is 0 Å². The number of benzene rings is 1. The van der Waals surface area contributed by atoms with E-state index < -0.39 is 0 Å². The maximum Gasteiger partial charge on any atom is 0.122 e. The molecule has 2 aromatic rings. The van der Waals surface area contributed by atoms with Gasteiger partial charge >= 0.3 is 0 Å². The van der Waals surface area contributed by atoms with Crippen LogP contribution in [0.3, 0.4) is 0 Å². The fourth-order valence-corrected chi connectivity index (χ4v) is 1.65. The molecule has 2 rings (SSSR count). The molecule has 1 heterocycles. The van der Waals surface area contributed by atoms with Crippen LogP contribution < -0.4 is 15.2 Å². The number of ether oxygens (including phenoxy) is 2. The first-order valence-electron chi connectivity index (χ1n) is 5.25. The summed E-state index contributed by atoms with van der Waals surface area (Å²) < 4.78 is 15.4. The Morgan fingerprint density at radius 1 is 1.06 bits per heavy atom. The minimum atomic E-state index is -0.252. The van der Waals surface area contributed by atoms with Gasteiger partial charge in [0.2, 0.25) is 0 Å². The van der Waals surface area contributed by atoms with Gasteiger partial charge in [-0.3, -0.25) is 0 Å². The molecule has 0 aliphatic rings. The molecule has 1 aromatic heterocycles. The molecule has 2 N–H and O–H groups in total. The topological polar surface area (TPSA) is 57.6 Å². The average molecular weight is 233 g/mol. The molecule has 0 aliphatic heterocycles. The Morgan fingerprint density at radius 3 is 2.18 bits per heavy atom. The quantitative estimate of drug-likeness (QED) is 0.880. The van der Waals surface area contributed by atoms with Crippen molar-refractivity contribution in [3.8, 4) is 11.5 Å². The van der Waals surface area contributed by atoms with E-state index in [9.17, 15) is 0 Å². The molecular weight excluding hydrogens is 218 g/mol. The normalized spacial score (nSPS) is 12.2. The number of hydrogen-bond donors (Lipinski definition) is 1. The van der Waals surface area contributed by atoms with Crippen molar-refractivity contribution in [1.29, 1.82) is 0 Å². The molecule has 0 radical (unpaired) electrons. The van der Waals surface area contributed by atoms with Crippen LogP contribution in [0.2, 0.25) is 0 Å². The predicted octanol–water partition coefficient (Wildman–Crippen LogP) is 2.34. The molecule has 1 atom stereocenters. The summed E-state index contributed by atoms with van der Waals surface area (Å²) in [4.78, 5) is 0. The number of rotatable bonds is 4. The molecule has 1 unspecified atom stereocenters. The van der Waals surface area contributed by atoms with Crippen molar-refractivity contribution in [2.45, 2.75) is 6.04 Å². The van der Waals surface area contributed by atoms with E-state index >= 15 is 0 Å². The number of hydrogen-bond acceptors (Lipinski definition) is 4. The maximum atomic E-state index is 6.14. The van der Waals surface area contributed by atoms with E-state index in [1.165, 1.54) is 0 Å². The minimum absolute atomic E-state index is 0.252. The number of methoxy groups -OCH3 is 2. The Labute approximate surface area is 99.9 Å². The van der Waals surface area contributed by atoms with Crippen LogP contribution in [-0.2, 0) is 0 Å². The molecule has 17 heavy (non-hydrogen) atoms. The van der Waals surface area contributed by atoms with E-state index in [1.807, 2.05) is 24.3 Å². The predicted molar refractivity (Wildman–Crippen MR) is 64.3 cm³/mol. The molecule has 4 heteroatoms. The second kappa shape index (κ2) is 4.93. The van der Waals surface area contributed by atoms with Gasteiger partial charge in [0.1, 0.15) is 11.5 Å². The summed E-state index contributed by atoms with van der Waals surface area (Å²) >= 11 is 0. The van der Waals surface area contributed by atoms with Crippen molar-refractivity contribution in [3.63, 3.8) is 0 Å². The molecule has 1 aromatic carbocycles. The first-order valence-corrected chi connectivity index (χ1v) is 5.25. The SMILES string of the molecule is COc1cc(OC)cc(C(N)c2ccoc2)c1. The largest absolute Gasteiger partial charge is 0.497 e. The molecule has 0 aliphatic carbocycles. The van der Waals surface area contributed by atoms with Crippen LogP contribution in [0.4, 0.5) is 0 Å². The van der Waals surface area contributed by atoms with Gasteiger partial charge in [0.15, 0.2) is 0 Å². The van der Waals surface area contributed by atoms with Gasteiger partial charge in [-0.25, -0.2) is 0 Å². The molecule has 0 amide bonds. The number of nitrogens with two attached hydrogens (primary N) is 1. The summed E-state index contributed by atoms with van der Waals surface area (Å²) in [5.74, 6) is 1.44. The lowest BCUT2D eigenvalue weighted by molar-refractivity contribution is 0.393. The molecule has 4 nitrogen and oxygen atoms in total. The Morgan fingerprint density at radius 2 is 1.71 bits per heavy atom. The smallest absolute Gasteiger partial charge is 0.122 e. The molecule has 90 valence electrons.